The molecule has 0 aliphatic carbocycles. The van der Waals surface area contributed by atoms with Crippen LogP contribution in [0, 0.1) is 17.0 Å². The van der Waals surface area contributed by atoms with Crippen molar-refractivity contribution in [3.05, 3.63) is 93.9 Å². The smallest absolute Gasteiger partial charge is 0.291 e. The molecule has 0 fully saturated rings. The van der Waals surface area contributed by atoms with Crippen LogP contribution in [0.5, 0.6) is 0 Å². The van der Waals surface area contributed by atoms with Crippen LogP contribution in [-0.2, 0) is 6.61 Å². The van der Waals surface area contributed by atoms with Crippen molar-refractivity contribution in [3.63, 3.8) is 0 Å². The number of nitro groups is 1. The van der Waals surface area contributed by atoms with Crippen LogP contribution in [0.3, 0.4) is 0 Å². The number of carbonyl (C=O) groups excluding carboxylic acids is 1. The van der Waals surface area contributed by atoms with E-state index in [1.54, 1.807) is 36.4 Å². The summed E-state index contributed by atoms with van der Waals surface area (Å²) in [5.41, 5.74) is 2.62. The molecule has 0 aliphatic rings. The molecule has 31 heavy (non-hydrogen) atoms. The lowest BCUT2D eigenvalue weighted by atomic mass is 10.1. The van der Waals surface area contributed by atoms with Crippen LogP contribution in [0.2, 0.25) is 0 Å². The maximum atomic E-state index is 12.7. The van der Waals surface area contributed by atoms with Gasteiger partial charge < -0.3 is 19.3 Å². The molecule has 4 rings (SSSR count). The molecule has 2 aromatic heterocycles. The van der Waals surface area contributed by atoms with Gasteiger partial charge in [-0.05, 0) is 42.8 Å². The first-order valence-corrected chi connectivity index (χ1v) is 9.41. The van der Waals surface area contributed by atoms with Gasteiger partial charge in [0.25, 0.3) is 11.6 Å². The summed E-state index contributed by atoms with van der Waals surface area (Å²) >= 11 is 0. The lowest BCUT2D eigenvalue weighted by molar-refractivity contribution is -0.384. The number of non-ortho nitro benzene ring substituents is 1. The first-order valence-electron chi connectivity index (χ1n) is 9.41. The number of aliphatic hydroxyl groups excluding tert-OH is 1. The zero-order valence-electron chi connectivity index (χ0n) is 16.5. The highest BCUT2D eigenvalue weighted by atomic mass is 16.6. The number of amides is 1. The standard InChI is InChI=1S/C23H18N2O6/c1-14-5-6-16(20-8-7-18(13-26)30-20)12-19(14)24-23(27)22-10-9-21(31-22)15-3-2-4-17(11-15)25(28)29/h2-12,26H,13H2,1H3,(H,24,27). The number of anilines is 1. The molecule has 0 bridgehead atoms. The number of nitrogens with one attached hydrogen (secondary N) is 1. The van der Waals surface area contributed by atoms with E-state index in [1.165, 1.54) is 18.2 Å². The number of hydrogen-bond donors (Lipinski definition) is 2. The van der Waals surface area contributed by atoms with Crippen molar-refractivity contribution in [3.8, 4) is 22.6 Å². The van der Waals surface area contributed by atoms with Crippen molar-refractivity contribution >= 4 is 17.3 Å². The molecule has 0 atom stereocenters. The van der Waals surface area contributed by atoms with E-state index >= 15 is 0 Å². The van der Waals surface area contributed by atoms with E-state index in [9.17, 15) is 20.0 Å². The molecular weight excluding hydrogens is 400 g/mol. The maximum absolute atomic E-state index is 12.7. The van der Waals surface area contributed by atoms with E-state index in [4.69, 9.17) is 8.83 Å². The summed E-state index contributed by atoms with van der Waals surface area (Å²) in [5, 5.41) is 23.0. The topological polar surface area (TPSA) is 119 Å². The summed E-state index contributed by atoms with van der Waals surface area (Å²) in [4.78, 5) is 23.2. The number of aliphatic hydroxyl groups is 1. The molecule has 2 N–H and O–H groups in total. The Morgan fingerprint density at radius 3 is 2.48 bits per heavy atom. The number of hydrogen-bond acceptors (Lipinski definition) is 6. The average Bonchev–Trinajstić information content (AvgIpc) is 3.45. The number of furan rings is 2. The molecule has 2 heterocycles. The van der Waals surface area contributed by atoms with E-state index in [2.05, 4.69) is 5.32 Å². The van der Waals surface area contributed by atoms with E-state index < -0.39 is 10.8 Å². The Morgan fingerprint density at radius 1 is 1.00 bits per heavy atom. The maximum Gasteiger partial charge on any atom is 0.291 e. The van der Waals surface area contributed by atoms with Gasteiger partial charge in [-0.3, -0.25) is 14.9 Å². The molecule has 0 aliphatic heterocycles. The van der Waals surface area contributed by atoms with Crippen molar-refractivity contribution in [1.29, 1.82) is 0 Å². The number of benzene rings is 2. The fourth-order valence-electron chi connectivity index (χ4n) is 3.10. The Hall–Kier alpha value is -4.17. The van der Waals surface area contributed by atoms with Gasteiger partial charge >= 0.3 is 0 Å². The minimum atomic E-state index is -0.488. The van der Waals surface area contributed by atoms with E-state index in [0.717, 1.165) is 11.1 Å². The van der Waals surface area contributed by atoms with Crippen LogP contribution in [0.4, 0.5) is 11.4 Å². The van der Waals surface area contributed by atoms with Crippen LogP contribution in [0.25, 0.3) is 22.6 Å². The monoisotopic (exact) mass is 418 g/mol. The summed E-state index contributed by atoms with van der Waals surface area (Å²) < 4.78 is 11.2. The Bertz CT molecular complexity index is 1270. The molecule has 0 radical (unpaired) electrons. The summed E-state index contributed by atoms with van der Waals surface area (Å²) in [5.74, 6) is 1.00. The molecule has 0 unspecified atom stereocenters. The Kier molecular flexibility index (Phi) is 5.38. The van der Waals surface area contributed by atoms with Crippen LogP contribution < -0.4 is 5.32 Å². The minimum Gasteiger partial charge on any atom is -0.459 e. The largest absolute Gasteiger partial charge is 0.459 e. The number of rotatable bonds is 6. The SMILES string of the molecule is Cc1ccc(-c2ccc(CO)o2)cc1NC(=O)c1ccc(-c2cccc([N+](=O)[O-])c2)o1. The zero-order chi connectivity index (χ0) is 22.0. The number of aryl methyl sites for hydroxylation is 1. The normalized spacial score (nSPS) is 10.8. The van der Waals surface area contributed by atoms with E-state index in [-0.39, 0.29) is 18.1 Å². The second-order valence-electron chi connectivity index (χ2n) is 6.88. The highest BCUT2D eigenvalue weighted by Crippen LogP contribution is 2.29. The molecule has 0 saturated carbocycles. The van der Waals surface area contributed by atoms with Crippen LogP contribution >= 0.6 is 0 Å². The minimum absolute atomic E-state index is 0.0605. The van der Waals surface area contributed by atoms with Gasteiger partial charge in [-0.15, -0.1) is 0 Å². The van der Waals surface area contributed by atoms with Gasteiger partial charge in [0.05, 0.1) is 4.92 Å². The molecule has 8 nitrogen and oxygen atoms in total. The first kappa shape index (κ1) is 20.1. The molecule has 0 saturated heterocycles. The third-order valence-corrected chi connectivity index (χ3v) is 4.76. The molecule has 2 aromatic carbocycles. The van der Waals surface area contributed by atoms with Gasteiger partial charge in [0.1, 0.15) is 23.9 Å². The van der Waals surface area contributed by atoms with Crippen molar-refractivity contribution in [2.24, 2.45) is 0 Å². The third kappa shape index (κ3) is 4.24. The second-order valence-corrected chi connectivity index (χ2v) is 6.88. The van der Waals surface area contributed by atoms with Crippen LogP contribution in [0.15, 0.2) is 75.6 Å². The van der Waals surface area contributed by atoms with Crippen LogP contribution in [0.1, 0.15) is 21.9 Å². The van der Waals surface area contributed by atoms with Gasteiger partial charge in [0, 0.05) is 28.9 Å². The molecule has 1 amide bonds. The number of nitro benzene ring substituents is 1. The van der Waals surface area contributed by atoms with Crippen LogP contribution in [-0.4, -0.2) is 15.9 Å². The molecular formula is C23H18N2O6. The predicted octanol–water partition coefficient (Wildman–Crippen LogP) is 5.17. The van der Waals surface area contributed by atoms with Crippen molar-refractivity contribution in [2.45, 2.75) is 13.5 Å². The average molecular weight is 418 g/mol. The van der Waals surface area contributed by atoms with Crippen molar-refractivity contribution in [1.82, 2.24) is 0 Å². The zero-order valence-corrected chi connectivity index (χ0v) is 16.5. The van der Waals surface area contributed by atoms with Gasteiger partial charge in [0.2, 0.25) is 0 Å². The highest BCUT2D eigenvalue weighted by molar-refractivity contribution is 6.03. The first-order chi connectivity index (χ1) is 14.9. The Morgan fingerprint density at radius 2 is 1.74 bits per heavy atom. The van der Waals surface area contributed by atoms with E-state index in [1.807, 2.05) is 19.1 Å². The summed E-state index contributed by atoms with van der Waals surface area (Å²) in [6.07, 6.45) is 0. The molecule has 8 heteroatoms. The summed E-state index contributed by atoms with van der Waals surface area (Å²) in [7, 11) is 0. The quantitative estimate of drug-likeness (QED) is 0.329. The predicted molar refractivity (Wildman–Crippen MR) is 114 cm³/mol. The summed E-state index contributed by atoms with van der Waals surface area (Å²) in [6, 6.07) is 18.0. The lowest BCUT2D eigenvalue weighted by Crippen LogP contribution is -2.11. The van der Waals surface area contributed by atoms with Gasteiger partial charge in [0.15, 0.2) is 5.76 Å². The van der Waals surface area contributed by atoms with Crippen molar-refractivity contribution in [2.75, 3.05) is 5.32 Å². The fourth-order valence-corrected chi connectivity index (χ4v) is 3.10. The van der Waals surface area contributed by atoms with Gasteiger partial charge in [-0.25, -0.2) is 0 Å². The van der Waals surface area contributed by atoms with Gasteiger partial charge in [-0.1, -0.05) is 24.3 Å². The lowest BCUT2D eigenvalue weighted by Gasteiger charge is -2.09. The highest BCUT2D eigenvalue weighted by Gasteiger charge is 2.16. The van der Waals surface area contributed by atoms with E-state index in [0.29, 0.717) is 28.5 Å². The second kappa shape index (κ2) is 8.29. The Balaban J connectivity index is 1.56. The number of nitrogens with zero attached hydrogens (tertiary/aromatic N) is 1. The van der Waals surface area contributed by atoms with Crippen molar-refractivity contribution < 1.29 is 23.7 Å². The van der Waals surface area contributed by atoms with Gasteiger partial charge in [-0.2, -0.15) is 0 Å². The third-order valence-electron chi connectivity index (χ3n) is 4.76. The molecule has 156 valence electrons. The molecule has 0 spiro atoms. The summed E-state index contributed by atoms with van der Waals surface area (Å²) in [6.45, 7) is 1.66. The molecule has 4 aromatic rings. The number of carbonyl (C=O) groups is 1. The Labute approximate surface area is 176 Å². The fraction of sp³-hybridized carbons (Fsp3) is 0.0870.